The molecule has 5 nitrogen and oxygen atoms in total. The molecule has 0 spiro atoms. The third-order valence-corrected chi connectivity index (χ3v) is 3.34. The van der Waals surface area contributed by atoms with Crippen molar-refractivity contribution >= 4 is 29.9 Å². The molecule has 1 fully saturated rings. The molecule has 1 aliphatic heterocycles. The van der Waals surface area contributed by atoms with Crippen LogP contribution in [0.2, 0.25) is 0 Å². The van der Waals surface area contributed by atoms with Crippen molar-refractivity contribution < 1.29 is 9.84 Å². The van der Waals surface area contributed by atoms with Crippen LogP contribution in [-0.2, 0) is 6.54 Å². The molecule has 0 aromatic heterocycles. The lowest BCUT2D eigenvalue weighted by Gasteiger charge is -2.21. The van der Waals surface area contributed by atoms with Crippen molar-refractivity contribution in [3.05, 3.63) is 23.8 Å². The van der Waals surface area contributed by atoms with Crippen LogP contribution < -0.4 is 10.1 Å². The summed E-state index contributed by atoms with van der Waals surface area (Å²) in [6, 6.07) is 5.22. The van der Waals surface area contributed by atoms with Gasteiger partial charge in [0.2, 0.25) is 0 Å². The van der Waals surface area contributed by atoms with E-state index in [0.29, 0.717) is 6.54 Å². The van der Waals surface area contributed by atoms with Crippen LogP contribution in [-0.4, -0.2) is 43.2 Å². The topological polar surface area (TPSA) is 57.1 Å². The zero-order valence-corrected chi connectivity index (χ0v) is 14.3. The highest BCUT2D eigenvalue weighted by Gasteiger charge is 2.15. The van der Waals surface area contributed by atoms with E-state index in [2.05, 4.69) is 15.2 Å². The Kier molecular flexibility index (Phi) is 6.90. The van der Waals surface area contributed by atoms with Crippen molar-refractivity contribution in [3.8, 4) is 11.5 Å². The van der Waals surface area contributed by atoms with Crippen molar-refractivity contribution in [2.24, 2.45) is 4.99 Å². The van der Waals surface area contributed by atoms with E-state index in [1.807, 2.05) is 6.07 Å². The molecule has 0 radical (unpaired) electrons. The Hall–Kier alpha value is -1.18. The van der Waals surface area contributed by atoms with Gasteiger partial charge in [0, 0.05) is 32.2 Å². The van der Waals surface area contributed by atoms with Gasteiger partial charge in [-0.05, 0) is 31.0 Å². The summed E-state index contributed by atoms with van der Waals surface area (Å²) in [6.45, 7) is 2.62. The maximum atomic E-state index is 9.83. The maximum absolute atomic E-state index is 9.83. The van der Waals surface area contributed by atoms with Gasteiger partial charge in [-0.1, -0.05) is 0 Å². The summed E-state index contributed by atoms with van der Waals surface area (Å²) >= 11 is 0. The number of nitrogens with zero attached hydrogens (tertiary/aromatic N) is 2. The Bertz CT molecular complexity index is 460. The molecule has 0 bridgehead atoms. The fourth-order valence-corrected chi connectivity index (χ4v) is 2.27. The molecule has 1 aromatic carbocycles. The number of aromatic hydroxyl groups is 1. The highest BCUT2D eigenvalue weighted by Crippen LogP contribution is 2.22. The highest BCUT2D eigenvalue weighted by atomic mass is 127. The summed E-state index contributed by atoms with van der Waals surface area (Å²) in [5, 5.41) is 13.1. The van der Waals surface area contributed by atoms with E-state index in [1.165, 1.54) is 12.8 Å². The number of halogens is 1. The average Bonchev–Trinajstić information content (AvgIpc) is 2.95. The third-order valence-electron chi connectivity index (χ3n) is 3.34. The number of ether oxygens (including phenoxy) is 1. The summed E-state index contributed by atoms with van der Waals surface area (Å²) in [4.78, 5) is 6.51. The molecule has 6 heteroatoms. The summed E-state index contributed by atoms with van der Waals surface area (Å²) in [6.07, 6.45) is 2.43. The van der Waals surface area contributed by atoms with Crippen LogP contribution in [0.15, 0.2) is 23.2 Å². The van der Waals surface area contributed by atoms with Crippen LogP contribution >= 0.6 is 24.0 Å². The van der Waals surface area contributed by atoms with Crippen LogP contribution in [0, 0.1) is 0 Å². The Morgan fingerprint density at radius 3 is 2.70 bits per heavy atom. The molecule has 0 aliphatic carbocycles. The van der Waals surface area contributed by atoms with Crippen LogP contribution in [0.5, 0.6) is 11.5 Å². The Morgan fingerprint density at radius 2 is 2.10 bits per heavy atom. The van der Waals surface area contributed by atoms with Gasteiger partial charge in [-0.3, -0.25) is 4.99 Å². The highest BCUT2D eigenvalue weighted by molar-refractivity contribution is 14.0. The Morgan fingerprint density at radius 1 is 1.40 bits per heavy atom. The molecule has 1 aliphatic rings. The van der Waals surface area contributed by atoms with Gasteiger partial charge in [-0.15, -0.1) is 24.0 Å². The summed E-state index contributed by atoms with van der Waals surface area (Å²) in [7, 11) is 3.40. The smallest absolute Gasteiger partial charge is 0.193 e. The van der Waals surface area contributed by atoms with Gasteiger partial charge in [0.25, 0.3) is 0 Å². The minimum atomic E-state index is 0. The quantitative estimate of drug-likeness (QED) is 0.471. The number of phenolic OH excluding ortho intramolecular Hbond substituents is 1. The molecule has 0 amide bonds. The average molecular weight is 391 g/mol. The molecule has 2 rings (SSSR count). The SMILES string of the molecule is CN=C(NCc1cc(OC)ccc1O)N1CCCC1.I. The molecular formula is C14H22IN3O2. The van der Waals surface area contributed by atoms with Gasteiger partial charge in [0.1, 0.15) is 11.5 Å². The van der Waals surface area contributed by atoms with Gasteiger partial charge in [-0.2, -0.15) is 0 Å². The third kappa shape index (κ3) is 4.16. The van der Waals surface area contributed by atoms with Crippen LogP contribution in [0.25, 0.3) is 0 Å². The van der Waals surface area contributed by atoms with E-state index in [-0.39, 0.29) is 29.7 Å². The van der Waals surface area contributed by atoms with Crippen molar-refractivity contribution in [1.82, 2.24) is 10.2 Å². The molecule has 2 N–H and O–H groups in total. The molecule has 1 aromatic rings. The standard InChI is InChI=1S/C14H21N3O2.HI/c1-15-14(17-7-3-4-8-17)16-10-11-9-12(19-2)5-6-13(11)18;/h5-6,9,18H,3-4,7-8,10H2,1-2H3,(H,15,16);1H. The van der Waals surface area contributed by atoms with Gasteiger partial charge >= 0.3 is 0 Å². The molecule has 112 valence electrons. The normalized spacial score (nSPS) is 14.9. The van der Waals surface area contributed by atoms with Crippen LogP contribution in [0.3, 0.4) is 0 Å². The number of hydrogen-bond donors (Lipinski definition) is 2. The van der Waals surface area contributed by atoms with Crippen molar-refractivity contribution in [1.29, 1.82) is 0 Å². The van der Waals surface area contributed by atoms with E-state index >= 15 is 0 Å². The predicted octanol–water partition coefficient (Wildman–Crippen LogP) is 2.19. The van der Waals surface area contributed by atoms with Gasteiger partial charge in [0.15, 0.2) is 5.96 Å². The minimum absolute atomic E-state index is 0. The number of rotatable bonds is 3. The lowest BCUT2D eigenvalue weighted by Crippen LogP contribution is -2.39. The second-order valence-electron chi connectivity index (χ2n) is 4.59. The fraction of sp³-hybridized carbons (Fsp3) is 0.500. The molecule has 1 heterocycles. The largest absolute Gasteiger partial charge is 0.508 e. The van der Waals surface area contributed by atoms with Crippen LogP contribution in [0.4, 0.5) is 0 Å². The monoisotopic (exact) mass is 391 g/mol. The lowest BCUT2D eigenvalue weighted by atomic mass is 10.2. The fourth-order valence-electron chi connectivity index (χ4n) is 2.27. The van der Waals surface area contributed by atoms with Gasteiger partial charge < -0.3 is 20.1 Å². The summed E-state index contributed by atoms with van der Waals surface area (Å²) < 4.78 is 5.16. The second kappa shape index (κ2) is 8.18. The van der Waals surface area contributed by atoms with Crippen molar-refractivity contribution in [2.45, 2.75) is 19.4 Å². The number of aliphatic imine (C=N–C) groups is 1. The van der Waals surface area contributed by atoms with Gasteiger partial charge in [0.05, 0.1) is 7.11 Å². The van der Waals surface area contributed by atoms with Crippen molar-refractivity contribution in [2.75, 3.05) is 27.2 Å². The van der Waals surface area contributed by atoms with E-state index in [1.54, 1.807) is 26.3 Å². The zero-order valence-electron chi connectivity index (χ0n) is 11.9. The zero-order chi connectivity index (χ0) is 13.7. The Labute approximate surface area is 137 Å². The first kappa shape index (κ1) is 16.9. The van der Waals surface area contributed by atoms with Crippen LogP contribution in [0.1, 0.15) is 18.4 Å². The minimum Gasteiger partial charge on any atom is -0.508 e. The number of nitrogens with one attached hydrogen (secondary N) is 1. The molecular weight excluding hydrogens is 369 g/mol. The summed E-state index contributed by atoms with van der Waals surface area (Å²) in [5.74, 6) is 1.90. The predicted molar refractivity (Wildman–Crippen MR) is 91.1 cm³/mol. The number of likely N-dealkylation sites (tertiary alicyclic amines) is 1. The first-order valence-corrected chi connectivity index (χ1v) is 6.56. The number of phenols is 1. The van der Waals surface area contributed by atoms with E-state index in [4.69, 9.17) is 4.74 Å². The number of guanidine groups is 1. The molecule has 0 unspecified atom stereocenters. The lowest BCUT2D eigenvalue weighted by molar-refractivity contribution is 0.410. The molecule has 0 atom stereocenters. The molecule has 1 saturated heterocycles. The number of benzene rings is 1. The molecule has 20 heavy (non-hydrogen) atoms. The first-order chi connectivity index (χ1) is 9.24. The van der Waals surface area contributed by atoms with Crippen molar-refractivity contribution in [3.63, 3.8) is 0 Å². The van der Waals surface area contributed by atoms with Gasteiger partial charge in [-0.25, -0.2) is 0 Å². The second-order valence-corrected chi connectivity index (χ2v) is 4.59. The Balaban J connectivity index is 0.00000200. The van der Waals surface area contributed by atoms with E-state index in [9.17, 15) is 5.11 Å². The maximum Gasteiger partial charge on any atom is 0.193 e. The number of hydrogen-bond acceptors (Lipinski definition) is 3. The number of methoxy groups -OCH3 is 1. The first-order valence-electron chi connectivity index (χ1n) is 6.56. The molecule has 0 saturated carbocycles. The summed E-state index contributed by atoms with van der Waals surface area (Å²) in [5.41, 5.74) is 0.805. The van der Waals surface area contributed by atoms with E-state index in [0.717, 1.165) is 30.4 Å². The van der Waals surface area contributed by atoms with E-state index < -0.39 is 0 Å².